The van der Waals surface area contributed by atoms with Gasteiger partial charge in [0.05, 0.1) is 24.7 Å². The zero-order valence-electron chi connectivity index (χ0n) is 21.0. The summed E-state index contributed by atoms with van der Waals surface area (Å²) in [5.41, 5.74) is 4.38. The number of rotatable bonds is 6. The van der Waals surface area contributed by atoms with Crippen molar-refractivity contribution in [2.24, 2.45) is 0 Å². The van der Waals surface area contributed by atoms with Gasteiger partial charge in [0.25, 0.3) is 5.91 Å². The zero-order valence-corrected chi connectivity index (χ0v) is 21.0. The van der Waals surface area contributed by atoms with Crippen molar-refractivity contribution in [3.63, 3.8) is 0 Å². The molecule has 1 amide bonds. The molecule has 2 heterocycles. The lowest BCUT2D eigenvalue weighted by Crippen LogP contribution is -2.65. The molecule has 0 radical (unpaired) electrons. The number of carbonyl (C=O) groups is 2. The molecule has 0 aliphatic carbocycles. The van der Waals surface area contributed by atoms with Gasteiger partial charge in [0.15, 0.2) is 12.6 Å². The van der Waals surface area contributed by atoms with E-state index in [1.807, 2.05) is 61.2 Å². The average Bonchev–Trinajstić information content (AvgIpc) is 3.10. The second-order valence-corrected chi connectivity index (χ2v) is 10.1. The average molecular weight is 475 g/mol. The van der Waals surface area contributed by atoms with E-state index in [0.29, 0.717) is 16.6 Å². The van der Waals surface area contributed by atoms with Crippen molar-refractivity contribution in [1.82, 2.24) is 0 Å². The van der Waals surface area contributed by atoms with Crippen LogP contribution in [0.2, 0.25) is 0 Å². The number of nitriles is 1. The molecule has 0 saturated carbocycles. The SMILES string of the molecule is Cc1cc(C#N)cc(C)c1N1CCCC([N+]2(CC(=O)OCc3ccccc3)CCCCCC2)C1=O. The van der Waals surface area contributed by atoms with Gasteiger partial charge in [-0.05, 0) is 74.8 Å². The Morgan fingerprint density at radius 3 is 2.34 bits per heavy atom. The van der Waals surface area contributed by atoms with Gasteiger partial charge in [-0.2, -0.15) is 5.26 Å². The van der Waals surface area contributed by atoms with Gasteiger partial charge in [-0.15, -0.1) is 0 Å². The zero-order chi connectivity index (χ0) is 24.8. The maximum atomic E-state index is 14.1. The number of benzene rings is 2. The van der Waals surface area contributed by atoms with E-state index in [1.165, 1.54) is 0 Å². The third-order valence-corrected chi connectivity index (χ3v) is 7.61. The van der Waals surface area contributed by atoms with Crippen molar-refractivity contribution in [3.8, 4) is 6.07 Å². The van der Waals surface area contributed by atoms with Crippen LogP contribution in [0.3, 0.4) is 0 Å². The van der Waals surface area contributed by atoms with Crippen molar-refractivity contribution in [2.45, 2.75) is 65.0 Å². The molecule has 2 aliphatic heterocycles. The maximum absolute atomic E-state index is 14.1. The Bertz CT molecular complexity index is 1070. The van der Waals surface area contributed by atoms with Crippen LogP contribution in [-0.4, -0.2) is 48.6 Å². The first kappa shape index (κ1) is 24.9. The number of amides is 1. The topological polar surface area (TPSA) is 70.4 Å². The van der Waals surface area contributed by atoms with E-state index in [1.54, 1.807) is 0 Å². The summed E-state index contributed by atoms with van der Waals surface area (Å²) in [6.45, 7) is 6.76. The molecule has 2 aromatic carbocycles. The maximum Gasteiger partial charge on any atom is 0.362 e. The van der Waals surface area contributed by atoms with E-state index in [-0.39, 0.29) is 31.1 Å². The Hall–Kier alpha value is -3.17. The number of anilines is 1. The van der Waals surface area contributed by atoms with Gasteiger partial charge in [0.2, 0.25) is 0 Å². The molecular formula is C29H36N3O3+. The number of piperidine rings is 1. The van der Waals surface area contributed by atoms with Gasteiger partial charge in [0.1, 0.15) is 6.61 Å². The summed E-state index contributed by atoms with van der Waals surface area (Å²) < 4.78 is 6.19. The molecule has 0 bridgehead atoms. The third-order valence-electron chi connectivity index (χ3n) is 7.61. The molecule has 1 atom stereocenters. The van der Waals surface area contributed by atoms with Crippen LogP contribution in [0.25, 0.3) is 0 Å². The lowest BCUT2D eigenvalue weighted by molar-refractivity contribution is -0.936. The molecule has 6 nitrogen and oxygen atoms in total. The van der Waals surface area contributed by atoms with Gasteiger partial charge in [-0.1, -0.05) is 30.3 Å². The van der Waals surface area contributed by atoms with Crippen LogP contribution >= 0.6 is 0 Å². The van der Waals surface area contributed by atoms with Crippen molar-refractivity contribution < 1.29 is 18.8 Å². The van der Waals surface area contributed by atoms with Gasteiger partial charge >= 0.3 is 5.97 Å². The smallest absolute Gasteiger partial charge is 0.362 e. The minimum Gasteiger partial charge on any atom is -0.457 e. The molecule has 2 aliphatic rings. The standard InChI is InChI=1S/C29H36N3O3/c1-22-17-25(19-30)18-23(2)28(22)31-14-10-13-26(29(31)34)32(15-8-3-4-9-16-32)20-27(33)35-21-24-11-6-5-7-12-24/h5-7,11-12,17-18,26H,3-4,8-10,13-16,20-21H2,1-2H3/q+1. The van der Waals surface area contributed by atoms with Crippen LogP contribution in [0.15, 0.2) is 42.5 Å². The lowest BCUT2D eigenvalue weighted by Gasteiger charge is -2.46. The number of likely N-dealkylation sites (tertiary alicyclic amines) is 1. The first-order valence-corrected chi connectivity index (χ1v) is 12.8. The predicted molar refractivity (Wildman–Crippen MR) is 136 cm³/mol. The Morgan fingerprint density at radius 2 is 1.71 bits per heavy atom. The normalized spacial score (nSPS) is 20.1. The number of hydrogen-bond acceptors (Lipinski definition) is 4. The molecule has 0 aromatic heterocycles. The molecule has 184 valence electrons. The third kappa shape index (κ3) is 5.57. The Labute approximate surface area is 208 Å². The summed E-state index contributed by atoms with van der Waals surface area (Å²) >= 11 is 0. The van der Waals surface area contributed by atoms with E-state index in [4.69, 9.17) is 4.74 Å². The van der Waals surface area contributed by atoms with E-state index in [2.05, 4.69) is 6.07 Å². The van der Waals surface area contributed by atoms with E-state index < -0.39 is 0 Å². The minimum absolute atomic E-state index is 0.102. The van der Waals surface area contributed by atoms with Crippen molar-refractivity contribution in [2.75, 3.05) is 31.1 Å². The largest absolute Gasteiger partial charge is 0.457 e. The monoisotopic (exact) mass is 474 g/mol. The predicted octanol–water partition coefficient (Wildman–Crippen LogP) is 4.80. The summed E-state index contributed by atoms with van der Waals surface area (Å²) in [5, 5.41) is 9.34. The molecule has 0 spiro atoms. The number of aryl methyl sites for hydroxylation is 2. The molecule has 2 saturated heterocycles. The Morgan fingerprint density at radius 1 is 1.06 bits per heavy atom. The molecule has 6 heteroatoms. The fraction of sp³-hybridized carbons (Fsp3) is 0.483. The molecule has 2 aromatic rings. The first-order valence-electron chi connectivity index (χ1n) is 12.8. The molecule has 0 N–H and O–H groups in total. The summed E-state index contributed by atoms with van der Waals surface area (Å²) in [7, 11) is 0. The summed E-state index contributed by atoms with van der Waals surface area (Å²) in [5.74, 6) is -0.128. The second-order valence-electron chi connectivity index (χ2n) is 10.1. The van der Waals surface area contributed by atoms with Gasteiger partial charge in [-0.25, -0.2) is 4.79 Å². The number of quaternary nitrogens is 1. The van der Waals surface area contributed by atoms with Gasteiger partial charge in [-0.3, -0.25) is 4.79 Å². The fourth-order valence-corrected chi connectivity index (χ4v) is 5.97. The van der Waals surface area contributed by atoms with Crippen LogP contribution < -0.4 is 4.90 Å². The number of esters is 1. The van der Waals surface area contributed by atoms with Crippen LogP contribution in [0, 0.1) is 25.2 Å². The minimum atomic E-state index is -0.249. The fourth-order valence-electron chi connectivity index (χ4n) is 5.97. The number of carbonyl (C=O) groups excluding carboxylic acids is 2. The highest BCUT2D eigenvalue weighted by molar-refractivity contribution is 5.98. The van der Waals surface area contributed by atoms with Crippen molar-refractivity contribution in [3.05, 3.63) is 64.7 Å². The van der Waals surface area contributed by atoms with Crippen LogP contribution in [-0.2, 0) is 20.9 Å². The molecule has 4 rings (SSSR count). The Kier molecular flexibility index (Phi) is 7.87. The number of hydrogen-bond donors (Lipinski definition) is 0. The van der Waals surface area contributed by atoms with E-state index >= 15 is 0 Å². The van der Waals surface area contributed by atoms with Crippen molar-refractivity contribution >= 4 is 17.6 Å². The highest BCUT2D eigenvalue weighted by Gasteiger charge is 2.47. The Balaban J connectivity index is 1.58. The summed E-state index contributed by atoms with van der Waals surface area (Å²) in [4.78, 5) is 29.1. The number of nitrogens with zero attached hydrogens (tertiary/aromatic N) is 3. The second kappa shape index (κ2) is 11.0. The van der Waals surface area contributed by atoms with E-state index in [9.17, 15) is 14.9 Å². The lowest BCUT2D eigenvalue weighted by atomic mass is 9.96. The molecule has 2 fully saturated rings. The van der Waals surface area contributed by atoms with Crippen LogP contribution in [0.1, 0.15) is 60.8 Å². The summed E-state index contributed by atoms with van der Waals surface area (Å²) in [6, 6.07) is 15.4. The number of ether oxygens (including phenoxy) is 1. The van der Waals surface area contributed by atoms with Crippen LogP contribution in [0.5, 0.6) is 0 Å². The van der Waals surface area contributed by atoms with E-state index in [0.717, 1.165) is 74.0 Å². The van der Waals surface area contributed by atoms with Gasteiger partial charge in [0, 0.05) is 18.7 Å². The van der Waals surface area contributed by atoms with Crippen LogP contribution in [0.4, 0.5) is 5.69 Å². The van der Waals surface area contributed by atoms with Crippen molar-refractivity contribution in [1.29, 1.82) is 5.26 Å². The highest BCUT2D eigenvalue weighted by Crippen LogP contribution is 2.34. The highest BCUT2D eigenvalue weighted by atomic mass is 16.5. The van der Waals surface area contributed by atoms with Gasteiger partial charge < -0.3 is 14.1 Å². The molecule has 1 unspecified atom stereocenters. The molecule has 35 heavy (non-hydrogen) atoms. The quantitative estimate of drug-likeness (QED) is 0.445. The summed E-state index contributed by atoms with van der Waals surface area (Å²) in [6.07, 6.45) is 5.99. The first-order chi connectivity index (χ1) is 16.9. The molecular weight excluding hydrogens is 438 g/mol.